The second-order valence-electron chi connectivity index (χ2n) is 5.28. The number of aromatic nitrogens is 1. The Hall–Kier alpha value is -3.10. The average molecular weight is 403 g/mol. The molecule has 1 heterocycles. The van der Waals surface area contributed by atoms with E-state index in [9.17, 15) is 4.79 Å². The van der Waals surface area contributed by atoms with Crippen molar-refractivity contribution in [1.82, 2.24) is 4.98 Å². The molecule has 0 saturated heterocycles. The lowest BCUT2D eigenvalue weighted by Gasteiger charge is -2.03. The maximum atomic E-state index is 10.8. The SMILES string of the molecule is COc1ccc(Nc2nc(Cl)c(/C=N/Nc3ccc(C(=O)O)cc3)s2)cc1. The predicted octanol–water partition coefficient (Wildman–Crippen LogP) is 4.69. The first-order valence-corrected chi connectivity index (χ1v) is 8.94. The number of thiazole rings is 1. The molecule has 0 aliphatic rings. The number of carboxylic acid groups (broad SMARTS) is 1. The molecule has 0 bridgehead atoms. The van der Waals surface area contributed by atoms with Gasteiger partial charge in [0.05, 0.1) is 29.5 Å². The van der Waals surface area contributed by atoms with Crippen LogP contribution in [0.1, 0.15) is 15.2 Å². The monoisotopic (exact) mass is 402 g/mol. The topological polar surface area (TPSA) is 95.8 Å². The number of carbonyl (C=O) groups is 1. The van der Waals surface area contributed by atoms with Crippen LogP contribution in [0.2, 0.25) is 5.15 Å². The molecular weight excluding hydrogens is 388 g/mol. The highest BCUT2D eigenvalue weighted by molar-refractivity contribution is 7.17. The van der Waals surface area contributed by atoms with Gasteiger partial charge in [-0.25, -0.2) is 9.78 Å². The van der Waals surface area contributed by atoms with E-state index in [-0.39, 0.29) is 5.56 Å². The highest BCUT2D eigenvalue weighted by Crippen LogP contribution is 2.28. The number of anilines is 3. The molecule has 3 aromatic rings. The molecule has 0 unspecified atom stereocenters. The van der Waals surface area contributed by atoms with E-state index in [1.54, 1.807) is 25.5 Å². The third-order valence-electron chi connectivity index (χ3n) is 3.46. The van der Waals surface area contributed by atoms with Crippen molar-refractivity contribution < 1.29 is 14.6 Å². The molecule has 7 nitrogen and oxygen atoms in total. The lowest BCUT2D eigenvalue weighted by molar-refractivity contribution is 0.0697. The van der Waals surface area contributed by atoms with Gasteiger partial charge in [0.1, 0.15) is 5.75 Å². The molecule has 0 amide bonds. The number of hydrogen-bond donors (Lipinski definition) is 3. The van der Waals surface area contributed by atoms with E-state index in [0.29, 0.717) is 20.8 Å². The number of methoxy groups -OCH3 is 1. The summed E-state index contributed by atoms with van der Waals surface area (Å²) in [7, 11) is 1.61. The summed E-state index contributed by atoms with van der Waals surface area (Å²) in [4.78, 5) is 15.8. The van der Waals surface area contributed by atoms with Gasteiger partial charge in [-0.05, 0) is 48.5 Å². The van der Waals surface area contributed by atoms with Crippen LogP contribution in [0.5, 0.6) is 5.75 Å². The molecule has 0 aliphatic carbocycles. The third-order valence-corrected chi connectivity index (χ3v) is 4.76. The minimum absolute atomic E-state index is 0.212. The predicted molar refractivity (Wildman–Crippen MR) is 108 cm³/mol. The van der Waals surface area contributed by atoms with Crippen molar-refractivity contribution in [1.29, 1.82) is 0 Å². The van der Waals surface area contributed by atoms with Crippen molar-refractivity contribution in [2.24, 2.45) is 5.10 Å². The molecule has 9 heteroatoms. The van der Waals surface area contributed by atoms with Crippen LogP contribution in [0.15, 0.2) is 53.6 Å². The van der Waals surface area contributed by atoms with E-state index in [4.69, 9.17) is 21.4 Å². The first-order valence-electron chi connectivity index (χ1n) is 7.75. The van der Waals surface area contributed by atoms with Crippen molar-refractivity contribution in [2.45, 2.75) is 0 Å². The number of carboxylic acids is 1. The highest BCUT2D eigenvalue weighted by Gasteiger charge is 2.08. The van der Waals surface area contributed by atoms with Gasteiger partial charge in [-0.3, -0.25) is 5.43 Å². The number of nitrogens with one attached hydrogen (secondary N) is 2. The minimum Gasteiger partial charge on any atom is -0.497 e. The molecule has 0 saturated carbocycles. The molecule has 1 aromatic heterocycles. The Bertz CT molecular complexity index is 956. The van der Waals surface area contributed by atoms with Crippen LogP contribution in [0.4, 0.5) is 16.5 Å². The number of benzene rings is 2. The van der Waals surface area contributed by atoms with Crippen LogP contribution in [-0.4, -0.2) is 29.4 Å². The lowest BCUT2D eigenvalue weighted by atomic mass is 10.2. The van der Waals surface area contributed by atoms with E-state index in [2.05, 4.69) is 20.8 Å². The molecule has 2 aromatic carbocycles. The smallest absolute Gasteiger partial charge is 0.335 e. The zero-order chi connectivity index (χ0) is 19.2. The molecule has 27 heavy (non-hydrogen) atoms. The highest BCUT2D eigenvalue weighted by atomic mass is 35.5. The van der Waals surface area contributed by atoms with Gasteiger partial charge in [-0.15, -0.1) is 0 Å². The maximum Gasteiger partial charge on any atom is 0.335 e. The van der Waals surface area contributed by atoms with E-state index < -0.39 is 5.97 Å². The molecule has 0 fully saturated rings. The summed E-state index contributed by atoms with van der Waals surface area (Å²) in [5, 5.41) is 17.1. The van der Waals surface area contributed by atoms with Crippen molar-refractivity contribution in [3.05, 3.63) is 64.1 Å². The summed E-state index contributed by atoms with van der Waals surface area (Å²) in [6.45, 7) is 0. The van der Waals surface area contributed by atoms with E-state index in [1.165, 1.54) is 23.5 Å². The quantitative estimate of drug-likeness (QED) is 0.392. The fraction of sp³-hybridized carbons (Fsp3) is 0.0556. The summed E-state index contributed by atoms with van der Waals surface area (Å²) in [5.74, 6) is -0.202. The normalized spacial score (nSPS) is 10.7. The summed E-state index contributed by atoms with van der Waals surface area (Å²) in [6, 6.07) is 13.7. The third kappa shape index (κ3) is 4.96. The zero-order valence-electron chi connectivity index (χ0n) is 14.1. The van der Waals surface area contributed by atoms with Gasteiger partial charge in [0.25, 0.3) is 0 Å². The van der Waals surface area contributed by atoms with Crippen LogP contribution >= 0.6 is 22.9 Å². The van der Waals surface area contributed by atoms with Crippen molar-refractivity contribution >= 4 is 51.6 Å². The first-order chi connectivity index (χ1) is 13.0. The number of halogens is 1. The molecule has 3 N–H and O–H groups in total. The second-order valence-corrected chi connectivity index (χ2v) is 6.67. The van der Waals surface area contributed by atoms with Crippen LogP contribution in [0.3, 0.4) is 0 Å². The van der Waals surface area contributed by atoms with Gasteiger partial charge in [-0.1, -0.05) is 22.9 Å². The number of aromatic carboxylic acids is 1. The molecule has 0 atom stereocenters. The number of ether oxygens (including phenoxy) is 1. The molecule has 0 radical (unpaired) electrons. The molecule has 3 rings (SSSR count). The molecule has 0 spiro atoms. The lowest BCUT2D eigenvalue weighted by Crippen LogP contribution is -1.96. The average Bonchev–Trinajstić information content (AvgIpc) is 3.02. The Kier molecular flexibility index (Phi) is 5.90. The van der Waals surface area contributed by atoms with Gasteiger partial charge in [0.15, 0.2) is 10.3 Å². The maximum absolute atomic E-state index is 10.8. The number of rotatable bonds is 7. The van der Waals surface area contributed by atoms with Gasteiger partial charge in [0, 0.05) is 5.69 Å². The number of nitrogens with zero attached hydrogens (tertiary/aromatic N) is 2. The standard InChI is InChI=1S/C18H15ClN4O3S/c1-26-14-8-6-12(7-9-14)21-18-22-16(19)15(27-18)10-20-23-13-4-2-11(3-5-13)17(24)25/h2-10,23H,1H3,(H,21,22)(H,24,25)/b20-10+. The molecule has 0 aliphatic heterocycles. The summed E-state index contributed by atoms with van der Waals surface area (Å²) in [5.41, 5.74) is 4.56. The first kappa shape index (κ1) is 18.7. The van der Waals surface area contributed by atoms with Crippen LogP contribution < -0.4 is 15.5 Å². The van der Waals surface area contributed by atoms with Crippen LogP contribution in [-0.2, 0) is 0 Å². The second kappa shape index (κ2) is 8.52. The van der Waals surface area contributed by atoms with Crippen molar-refractivity contribution in [3.63, 3.8) is 0 Å². The Labute approximate surface area is 164 Å². The Morgan fingerprint density at radius 1 is 1.19 bits per heavy atom. The van der Waals surface area contributed by atoms with Crippen molar-refractivity contribution in [2.75, 3.05) is 17.9 Å². The largest absolute Gasteiger partial charge is 0.497 e. The number of hydrogen-bond acceptors (Lipinski definition) is 7. The van der Waals surface area contributed by atoms with Gasteiger partial charge < -0.3 is 15.2 Å². The summed E-state index contributed by atoms with van der Waals surface area (Å²) < 4.78 is 5.13. The Balaban J connectivity index is 1.63. The van der Waals surface area contributed by atoms with Gasteiger partial charge in [-0.2, -0.15) is 5.10 Å². The van der Waals surface area contributed by atoms with E-state index >= 15 is 0 Å². The van der Waals surface area contributed by atoms with Crippen molar-refractivity contribution in [3.8, 4) is 5.75 Å². The van der Waals surface area contributed by atoms with E-state index in [0.717, 1.165) is 11.4 Å². The minimum atomic E-state index is -0.974. The fourth-order valence-corrected chi connectivity index (χ4v) is 3.15. The Morgan fingerprint density at radius 3 is 2.48 bits per heavy atom. The zero-order valence-corrected chi connectivity index (χ0v) is 15.7. The van der Waals surface area contributed by atoms with Gasteiger partial charge in [0.2, 0.25) is 0 Å². The summed E-state index contributed by atoms with van der Waals surface area (Å²) in [6.07, 6.45) is 1.56. The van der Waals surface area contributed by atoms with Crippen LogP contribution in [0, 0.1) is 0 Å². The number of hydrazone groups is 1. The molecule has 138 valence electrons. The fourth-order valence-electron chi connectivity index (χ4n) is 2.10. The Morgan fingerprint density at radius 2 is 1.85 bits per heavy atom. The van der Waals surface area contributed by atoms with Crippen LogP contribution in [0.25, 0.3) is 0 Å². The van der Waals surface area contributed by atoms with E-state index in [1.807, 2.05) is 24.3 Å². The van der Waals surface area contributed by atoms with Gasteiger partial charge >= 0.3 is 5.97 Å². The summed E-state index contributed by atoms with van der Waals surface area (Å²) >= 11 is 7.50. The molecular formula is C18H15ClN4O3S.